The first-order valence-electron chi connectivity index (χ1n) is 7.34. The topological polar surface area (TPSA) is 26.7 Å². The monoisotopic (exact) mass is 240 g/mol. The van der Waals surface area contributed by atoms with Gasteiger partial charge in [0.15, 0.2) is 0 Å². The van der Waals surface area contributed by atoms with Gasteiger partial charge in [-0.15, -0.1) is 0 Å². The van der Waals surface area contributed by atoms with E-state index in [2.05, 4.69) is 16.8 Å². The molecule has 17 heavy (non-hydrogen) atoms. The van der Waals surface area contributed by atoms with E-state index < -0.39 is 0 Å². The first-order valence-corrected chi connectivity index (χ1v) is 7.34. The molecule has 1 saturated heterocycles. The second-order valence-electron chi connectivity index (χ2n) is 5.90. The van der Waals surface area contributed by atoms with Crippen molar-refractivity contribution in [3.05, 3.63) is 0 Å². The fraction of sp³-hybridized carbons (Fsp3) is 1.00. The molecule has 2 atom stereocenters. The van der Waals surface area contributed by atoms with E-state index in [1.807, 2.05) is 0 Å². The Morgan fingerprint density at radius 1 is 1.12 bits per heavy atom. The van der Waals surface area contributed by atoms with Crippen molar-refractivity contribution in [3.63, 3.8) is 0 Å². The number of hydrogen-bond acceptors (Lipinski definition) is 3. The summed E-state index contributed by atoms with van der Waals surface area (Å²) in [6, 6.07) is 0. The fourth-order valence-corrected chi connectivity index (χ4v) is 3.17. The molecular weight excluding hydrogens is 212 g/mol. The van der Waals surface area contributed by atoms with Crippen LogP contribution >= 0.6 is 0 Å². The van der Waals surface area contributed by atoms with Gasteiger partial charge in [0.2, 0.25) is 0 Å². The average molecular weight is 240 g/mol. The number of likely N-dealkylation sites (N-methyl/N-ethyl adjacent to an activating group) is 1. The molecule has 1 N–H and O–H groups in total. The molecule has 3 nitrogen and oxygen atoms in total. The molecule has 0 aromatic heterocycles. The highest BCUT2D eigenvalue weighted by Crippen LogP contribution is 2.28. The van der Waals surface area contributed by atoms with Gasteiger partial charge in [-0.1, -0.05) is 6.42 Å². The van der Waals surface area contributed by atoms with Crippen LogP contribution < -0.4 is 0 Å². The summed E-state index contributed by atoms with van der Waals surface area (Å²) in [6.07, 6.45) is 7.43. The minimum Gasteiger partial charge on any atom is -0.393 e. The second kappa shape index (κ2) is 6.72. The summed E-state index contributed by atoms with van der Waals surface area (Å²) in [6.45, 7) is 6.16. The molecule has 2 rings (SSSR count). The Bertz CT molecular complexity index is 216. The molecule has 2 fully saturated rings. The number of nitrogens with zero attached hydrogens (tertiary/aromatic N) is 2. The van der Waals surface area contributed by atoms with E-state index in [1.165, 1.54) is 58.3 Å². The molecule has 1 aliphatic heterocycles. The maximum Gasteiger partial charge on any atom is 0.0568 e. The average Bonchev–Trinajstić information content (AvgIpc) is 2.95. The predicted molar refractivity (Wildman–Crippen MR) is 71.1 cm³/mol. The number of rotatable bonds is 6. The minimum absolute atomic E-state index is 0.0121. The van der Waals surface area contributed by atoms with Crippen LogP contribution in [0.3, 0.4) is 0 Å². The van der Waals surface area contributed by atoms with Crippen molar-refractivity contribution in [1.82, 2.24) is 9.80 Å². The lowest BCUT2D eigenvalue weighted by Gasteiger charge is -2.23. The van der Waals surface area contributed by atoms with Crippen molar-refractivity contribution < 1.29 is 5.11 Å². The van der Waals surface area contributed by atoms with Crippen LogP contribution in [0.25, 0.3) is 0 Å². The summed E-state index contributed by atoms with van der Waals surface area (Å²) < 4.78 is 0. The molecule has 0 spiro atoms. The Labute approximate surface area is 106 Å². The van der Waals surface area contributed by atoms with E-state index in [-0.39, 0.29) is 6.10 Å². The van der Waals surface area contributed by atoms with Crippen LogP contribution in [-0.4, -0.2) is 60.8 Å². The van der Waals surface area contributed by atoms with Crippen molar-refractivity contribution in [2.45, 2.75) is 44.6 Å². The van der Waals surface area contributed by atoms with Crippen molar-refractivity contribution in [3.8, 4) is 0 Å². The summed E-state index contributed by atoms with van der Waals surface area (Å²) in [7, 11) is 2.22. The lowest BCUT2D eigenvalue weighted by Crippen LogP contribution is -2.33. The van der Waals surface area contributed by atoms with E-state index in [1.54, 1.807) is 0 Å². The van der Waals surface area contributed by atoms with Crippen LogP contribution in [-0.2, 0) is 0 Å². The molecule has 2 aliphatic rings. The SMILES string of the molecule is CN(CCC1CCCC1O)CCN1CCCC1. The fourth-order valence-electron chi connectivity index (χ4n) is 3.17. The van der Waals surface area contributed by atoms with E-state index in [9.17, 15) is 5.11 Å². The maximum absolute atomic E-state index is 9.78. The van der Waals surface area contributed by atoms with Crippen LogP contribution in [0.15, 0.2) is 0 Å². The van der Waals surface area contributed by atoms with Crippen molar-refractivity contribution in [2.75, 3.05) is 39.8 Å². The van der Waals surface area contributed by atoms with Gasteiger partial charge in [-0.25, -0.2) is 0 Å². The van der Waals surface area contributed by atoms with Gasteiger partial charge in [0, 0.05) is 13.1 Å². The minimum atomic E-state index is -0.0121. The van der Waals surface area contributed by atoms with E-state index >= 15 is 0 Å². The van der Waals surface area contributed by atoms with E-state index in [4.69, 9.17) is 0 Å². The highest BCUT2D eigenvalue weighted by molar-refractivity contribution is 4.77. The molecule has 1 saturated carbocycles. The van der Waals surface area contributed by atoms with Crippen LogP contribution in [0.2, 0.25) is 0 Å². The third kappa shape index (κ3) is 4.23. The summed E-state index contributed by atoms with van der Waals surface area (Å²) in [5.74, 6) is 0.573. The largest absolute Gasteiger partial charge is 0.393 e. The van der Waals surface area contributed by atoms with Crippen LogP contribution in [0.1, 0.15) is 38.5 Å². The Kier molecular flexibility index (Phi) is 5.26. The van der Waals surface area contributed by atoms with Crippen LogP contribution in [0.4, 0.5) is 0 Å². The summed E-state index contributed by atoms with van der Waals surface area (Å²) >= 11 is 0. The summed E-state index contributed by atoms with van der Waals surface area (Å²) in [4.78, 5) is 5.00. The molecule has 0 amide bonds. The van der Waals surface area contributed by atoms with Gasteiger partial charge in [-0.2, -0.15) is 0 Å². The first kappa shape index (κ1) is 13.3. The van der Waals surface area contributed by atoms with Gasteiger partial charge in [-0.05, 0) is 64.7 Å². The zero-order valence-corrected chi connectivity index (χ0v) is 11.3. The molecule has 0 aromatic rings. The zero-order valence-electron chi connectivity index (χ0n) is 11.3. The lowest BCUT2D eigenvalue weighted by atomic mass is 10.0. The lowest BCUT2D eigenvalue weighted by molar-refractivity contribution is 0.119. The molecule has 1 heterocycles. The molecule has 0 bridgehead atoms. The van der Waals surface area contributed by atoms with Gasteiger partial charge in [0.25, 0.3) is 0 Å². The number of likely N-dealkylation sites (tertiary alicyclic amines) is 1. The Morgan fingerprint density at radius 3 is 2.53 bits per heavy atom. The van der Waals surface area contributed by atoms with Crippen molar-refractivity contribution in [1.29, 1.82) is 0 Å². The maximum atomic E-state index is 9.78. The van der Waals surface area contributed by atoms with Gasteiger partial charge < -0.3 is 14.9 Å². The molecular formula is C14H28N2O. The summed E-state index contributed by atoms with van der Waals surface area (Å²) in [5.41, 5.74) is 0. The third-order valence-electron chi connectivity index (χ3n) is 4.50. The second-order valence-corrected chi connectivity index (χ2v) is 5.90. The van der Waals surface area contributed by atoms with Crippen molar-refractivity contribution in [2.24, 2.45) is 5.92 Å². The highest BCUT2D eigenvalue weighted by atomic mass is 16.3. The van der Waals surface area contributed by atoms with Crippen molar-refractivity contribution >= 4 is 0 Å². The summed E-state index contributed by atoms with van der Waals surface area (Å²) in [5, 5.41) is 9.78. The van der Waals surface area contributed by atoms with E-state index in [0.717, 1.165) is 13.0 Å². The molecule has 1 aliphatic carbocycles. The highest BCUT2D eigenvalue weighted by Gasteiger charge is 2.24. The zero-order chi connectivity index (χ0) is 12.1. The molecule has 0 aromatic carbocycles. The van der Waals surface area contributed by atoms with E-state index in [0.29, 0.717) is 5.92 Å². The van der Waals surface area contributed by atoms with Gasteiger partial charge in [0.05, 0.1) is 6.10 Å². The van der Waals surface area contributed by atoms with Gasteiger partial charge in [0.1, 0.15) is 0 Å². The standard InChI is InChI=1S/C14H28N2O/c1-15(11-12-16-8-2-3-9-16)10-7-13-5-4-6-14(13)17/h13-14,17H,2-12H2,1H3. The normalized spacial score (nSPS) is 30.5. The number of hydrogen-bond donors (Lipinski definition) is 1. The molecule has 3 heteroatoms. The number of aliphatic hydroxyl groups is 1. The third-order valence-corrected chi connectivity index (χ3v) is 4.50. The predicted octanol–water partition coefficient (Wildman–Crippen LogP) is 1.57. The van der Waals surface area contributed by atoms with Crippen LogP contribution in [0, 0.1) is 5.92 Å². The Balaban J connectivity index is 1.55. The Morgan fingerprint density at radius 2 is 1.88 bits per heavy atom. The van der Waals surface area contributed by atoms with Crippen LogP contribution in [0.5, 0.6) is 0 Å². The molecule has 100 valence electrons. The smallest absolute Gasteiger partial charge is 0.0568 e. The quantitative estimate of drug-likeness (QED) is 0.763. The molecule has 0 radical (unpaired) electrons. The van der Waals surface area contributed by atoms with Gasteiger partial charge >= 0.3 is 0 Å². The number of aliphatic hydroxyl groups excluding tert-OH is 1. The first-order chi connectivity index (χ1) is 8.25. The molecule has 2 unspecified atom stereocenters. The van der Waals surface area contributed by atoms with Gasteiger partial charge in [-0.3, -0.25) is 0 Å². The Hall–Kier alpha value is -0.120.